The SMILES string of the molecule is Nc1nc(N)c2cc(OC(=O)Cc3ccc(C(=O)NC(CCC(=O)O)C(=O)O)cc3)ccc2n1. The van der Waals surface area contributed by atoms with Gasteiger partial charge in [0.25, 0.3) is 5.91 Å². The molecule has 34 heavy (non-hydrogen) atoms. The van der Waals surface area contributed by atoms with Crippen LogP contribution in [0.25, 0.3) is 10.9 Å². The van der Waals surface area contributed by atoms with E-state index in [0.717, 1.165) is 0 Å². The van der Waals surface area contributed by atoms with E-state index in [0.29, 0.717) is 16.5 Å². The number of carboxylic acids is 2. The summed E-state index contributed by atoms with van der Waals surface area (Å²) in [6.07, 6.45) is -0.743. The Hall–Kier alpha value is -4.74. The Morgan fingerprint density at radius 1 is 1.00 bits per heavy atom. The lowest BCUT2D eigenvalue weighted by Crippen LogP contribution is -2.41. The van der Waals surface area contributed by atoms with Gasteiger partial charge in [0.05, 0.1) is 11.9 Å². The Bertz CT molecular complexity index is 1260. The minimum atomic E-state index is -1.34. The lowest BCUT2D eigenvalue weighted by Gasteiger charge is -2.13. The van der Waals surface area contributed by atoms with Gasteiger partial charge in [-0.05, 0) is 42.3 Å². The van der Waals surface area contributed by atoms with Crippen LogP contribution in [0.5, 0.6) is 5.75 Å². The number of anilines is 2. The summed E-state index contributed by atoms with van der Waals surface area (Å²) in [6, 6.07) is 9.23. The summed E-state index contributed by atoms with van der Waals surface area (Å²) in [5.74, 6) is -3.31. The highest BCUT2D eigenvalue weighted by atomic mass is 16.5. The highest BCUT2D eigenvalue weighted by molar-refractivity contribution is 5.96. The number of hydrogen-bond donors (Lipinski definition) is 5. The molecule has 0 saturated heterocycles. The van der Waals surface area contributed by atoms with Crippen LogP contribution >= 0.6 is 0 Å². The van der Waals surface area contributed by atoms with Gasteiger partial charge in [-0.15, -0.1) is 0 Å². The molecule has 1 heterocycles. The van der Waals surface area contributed by atoms with Crippen LogP contribution in [0.15, 0.2) is 42.5 Å². The zero-order valence-corrected chi connectivity index (χ0v) is 17.7. The van der Waals surface area contributed by atoms with Gasteiger partial charge in [0.1, 0.15) is 17.6 Å². The van der Waals surface area contributed by atoms with Crippen LogP contribution in [0.3, 0.4) is 0 Å². The Kier molecular flexibility index (Phi) is 7.21. The number of aromatic nitrogens is 2. The molecule has 0 saturated carbocycles. The van der Waals surface area contributed by atoms with Crippen molar-refractivity contribution in [3.8, 4) is 5.75 Å². The molecule has 0 bridgehead atoms. The van der Waals surface area contributed by atoms with Crippen LogP contribution in [0.1, 0.15) is 28.8 Å². The van der Waals surface area contributed by atoms with E-state index in [9.17, 15) is 19.2 Å². The third-order valence-electron chi connectivity index (χ3n) is 4.76. The maximum atomic E-state index is 12.3. The molecule has 0 fully saturated rings. The summed E-state index contributed by atoms with van der Waals surface area (Å²) in [5.41, 5.74) is 12.6. The predicted octanol–water partition coefficient (Wildman–Crippen LogP) is 0.990. The summed E-state index contributed by atoms with van der Waals surface area (Å²) in [7, 11) is 0. The van der Waals surface area contributed by atoms with Crippen LogP contribution in [-0.2, 0) is 20.8 Å². The molecule has 3 rings (SSSR count). The molecule has 1 atom stereocenters. The van der Waals surface area contributed by atoms with Crippen molar-refractivity contribution in [3.05, 3.63) is 53.6 Å². The van der Waals surface area contributed by atoms with Gasteiger partial charge in [-0.1, -0.05) is 12.1 Å². The fourth-order valence-electron chi connectivity index (χ4n) is 3.09. The topological polar surface area (TPSA) is 208 Å². The zero-order chi connectivity index (χ0) is 24.8. The fourth-order valence-corrected chi connectivity index (χ4v) is 3.09. The van der Waals surface area contributed by atoms with Gasteiger partial charge in [-0.2, -0.15) is 4.98 Å². The smallest absolute Gasteiger partial charge is 0.326 e. The Morgan fingerprint density at radius 2 is 1.71 bits per heavy atom. The van der Waals surface area contributed by atoms with Crippen molar-refractivity contribution in [1.29, 1.82) is 0 Å². The standard InChI is InChI=1S/C22H21N5O7/c23-19-14-10-13(5-6-15(14)26-22(24)27-19)34-18(30)9-11-1-3-12(4-2-11)20(31)25-16(21(32)33)7-8-17(28)29/h1-6,10,16H,7-9H2,(H,25,31)(H,28,29)(H,32,33)(H4,23,24,26,27). The fraction of sp³-hybridized carbons (Fsp3) is 0.182. The largest absolute Gasteiger partial charge is 0.481 e. The molecule has 1 unspecified atom stereocenters. The van der Waals surface area contributed by atoms with Gasteiger partial charge < -0.3 is 31.7 Å². The molecular weight excluding hydrogens is 446 g/mol. The van der Waals surface area contributed by atoms with Crippen LogP contribution < -0.4 is 21.5 Å². The maximum absolute atomic E-state index is 12.3. The number of carboxylic acid groups (broad SMARTS) is 2. The molecule has 0 spiro atoms. The number of ether oxygens (including phenoxy) is 1. The zero-order valence-electron chi connectivity index (χ0n) is 17.7. The second-order valence-electron chi connectivity index (χ2n) is 7.29. The molecule has 0 aliphatic rings. The average Bonchev–Trinajstić information content (AvgIpc) is 2.77. The molecule has 7 N–H and O–H groups in total. The van der Waals surface area contributed by atoms with Crippen molar-refractivity contribution in [2.24, 2.45) is 0 Å². The second kappa shape index (κ2) is 10.3. The van der Waals surface area contributed by atoms with E-state index in [4.69, 9.17) is 26.4 Å². The molecular formula is C22H21N5O7. The van der Waals surface area contributed by atoms with Crippen molar-refractivity contribution in [2.75, 3.05) is 11.5 Å². The van der Waals surface area contributed by atoms with Gasteiger partial charge in [0.2, 0.25) is 5.95 Å². The van der Waals surface area contributed by atoms with E-state index in [1.54, 1.807) is 12.1 Å². The highest BCUT2D eigenvalue weighted by Crippen LogP contribution is 2.24. The number of carbonyl (C=O) groups excluding carboxylic acids is 2. The molecule has 176 valence electrons. The van der Waals surface area contributed by atoms with Crippen molar-refractivity contribution in [2.45, 2.75) is 25.3 Å². The van der Waals surface area contributed by atoms with E-state index in [2.05, 4.69) is 15.3 Å². The molecule has 0 aliphatic heterocycles. The number of aliphatic carboxylic acids is 2. The normalized spacial score (nSPS) is 11.5. The number of nitrogens with zero attached hydrogens (tertiary/aromatic N) is 2. The number of nitrogens with one attached hydrogen (secondary N) is 1. The summed E-state index contributed by atoms with van der Waals surface area (Å²) >= 11 is 0. The Morgan fingerprint density at radius 3 is 2.35 bits per heavy atom. The molecule has 1 amide bonds. The Balaban J connectivity index is 1.61. The number of fused-ring (bicyclic) bond motifs is 1. The average molecular weight is 467 g/mol. The molecule has 0 radical (unpaired) electrons. The number of nitrogen functional groups attached to an aromatic ring is 2. The summed E-state index contributed by atoms with van der Waals surface area (Å²) in [5, 5.41) is 20.6. The molecule has 0 aliphatic carbocycles. The molecule has 2 aromatic carbocycles. The first-order valence-corrected chi connectivity index (χ1v) is 10.00. The van der Waals surface area contributed by atoms with E-state index in [1.165, 1.54) is 30.3 Å². The number of nitrogens with two attached hydrogens (primary N) is 2. The van der Waals surface area contributed by atoms with Crippen LogP contribution in [-0.4, -0.2) is 50.0 Å². The number of esters is 1. The maximum Gasteiger partial charge on any atom is 0.326 e. The molecule has 12 heteroatoms. The quantitative estimate of drug-likeness (QED) is 0.221. The van der Waals surface area contributed by atoms with E-state index in [1.807, 2.05) is 0 Å². The number of amides is 1. The number of benzene rings is 2. The van der Waals surface area contributed by atoms with Crippen molar-refractivity contribution >= 4 is 46.5 Å². The van der Waals surface area contributed by atoms with Gasteiger partial charge in [0.15, 0.2) is 0 Å². The van der Waals surface area contributed by atoms with E-state index in [-0.39, 0.29) is 35.9 Å². The highest BCUT2D eigenvalue weighted by Gasteiger charge is 2.21. The minimum Gasteiger partial charge on any atom is -0.481 e. The summed E-state index contributed by atoms with van der Waals surface area (Å²) < 4.78 is 5.34. The molecule has 1 aromatic heterocycles. The third kappa shape index (κ3) is 6.16. The van der Waals surface area contributed by atoms with Gasteiger partial charge in [-0.25, -0.2) is 9.78 Å². The number of rotatable bonds is 9. The molecule has 3 aromatic rings. The van der Waals surface area contributed by atoms with E-state index < -0.39 is 36.3 Å². The van der Waals surface area contributed by atoms with Crippen LogP contribution in [0, 0.1) is 0 Å². The van der Waals surface area contributed by atoms with Crippen LogP contribution in [0.2, 0.25) is 0 Å². The molecule has 12 nitrogen and oxygen atoms in total. The van der Waals surface area contributed by atoms with Crippen LogP contribution in [0.4, 0.5) is 11.8 Å². The lowest BCUT2D eigenvalue weighted by atomic mass is 10.1. The lowest BCUT2D eigenvalue weighted by molar-refractivity contribution is -0.140. The Labute approximate surface area is 192 Å². The monoisotopic (exact) mass is 467 g/mol. The third-order valence-corrected chi connectivity index (χ3v) is 4.76. The summed E-state index contributed by atoms with van der Waals surface area (Å²) in [4.78, 5) is 54.4. The first-order chi connectivity index (χ1) is 16.1. The summed E-state index contributed by atoms with van der Waals surface area (Å²) in [6.45, 7) is 0. The van der Waals surface area contributed by atoms with Crippen molar-refractivity contribution in [3.63, 3.8) is 0 Å². The second-order valence-corrected chi connectivity index (χ2v) is 7.29. The van der Waals surface area contributed by atoms with Crippen molar-refractivity contribution < 1.29 is 34.1 Å². The number of hydrogen-bond acceptors (Lipinski definition) is 9. The predicted molar refractivity (Wildman–Crippen MR) is 120 cm³/mol. The van der Waals surface area contributed by atoms with Gasteiger partial charge in [0, 0.05) is 17.4 Å². The van der Waals surface area contributed by atoms with Gasteiger partial charge in [-0.3, -0.25) is 14.4 Å². The first kappa shape index (κ1) is 23.9. The number of carbonyl (C=O) groups is 4. The minimum absolute atomic E-state index is 0.0330. The van der Waals surface area contributed by atoms with Gasteiger partial charge >= 0.3 is 17.9 Å². The van der Waals surface area contributed by atoms with E-state index >= 15 is 0 Å². The van der Waals surface area contributed by atoms with Crippen molar-refractivity contribution in [1.82, 2.24) is 15.3 Å². The first-order valence-electron chi connectivity index (χ1n) is 10.00.